The lowest BCUT2D eigenvalue weighted by atomic mass is 10.1. The number of thiophene rings is 1. The number of rotatable bonds is 6. The van der Waals surface area contributed by atoms with Gasteiger partial charge >= 0.3 is 5.97 Å². The van der Waals surface area contributed by atoms with Gasteiger partial charge in [-0.1, -0.05) is 35.3 Å². The average Bonchev–Trinajstić information content (AvgIpc) is 2.74. The molecule has 0 amide bonds. The fourth-order valence-corrected chi connectivity index (χ4v) is 6.46. The van der Waals surface area contributed by atoms with Gasteiger partial charge in [0.25, 0.3) is 10.0 Å². The lowest BCUT2D eigenvalue weighted by Crippen LogP contribution is -2.13. The summed E-state index contributed by atoms with van der Waals surface area (Å²) in [7, 11) is -3.89. The molecule has 130 valence electrons. The summed E-state index contributed by atoms with van der Waals surface area (Å²) in [5.74, 6) is -0.338. The Morgan fingerprint density at radius 3 is 2.38 bits per heavy atom. The molecule has 1 aromatic carbocycles. The number of nitrogens with one attached hydrogen (secondary N) is 1. The minimum absolute atomic E-state index is 0.0679. The quantitative estimate of drug-likeness (QED) is 0.617. The number of ether oxygens (including phenoxy) is 1. The van der Waals surface area contributed by atoms with E-state index in [0.29, 0.717) is 17.9 Å². The Morgan fingerprint density at radius 1 is 1.25 bits per heavy atom. The van der Waals surface area contributed by atoms with Crippen molar-refractivity contribution in [1.82, 2.24) is 0 Å². The Labute approximate surface area is 162 Å². The molecule has 0 spiro atoms. The molecular formula is C14H12BrCl2NO4S2. The zero-order chi connectivity index (χ0) is 17.9. The number of benzene rings is 1. The molecule has 0 unspecified atom stereocenters. The summed E-state index contributed by atoms with van der Waals surface area (Å²) >= 11 is 15.9. The van der Waals surface area contributed by atoms with Crippen LogP contribution >= 0.6 is 50.5 Å². The van der Waals surface area contributed by atoms with E-state index < -0.39 is 10.0 Å². The molecule has 0 radical (unpaired) electrons. The molecule has 5 nitrogen and oxygen atoms in total. The van der Waals surface area contributed by atoms with Gasteiger partial charge in [-0.25, -0.2) is 8.42 Å². The Kier molecular flexibility index (Phi) is 6.55. The van der Waals surface area contributed by atoms with Crippen molar-refractivity contribution in [2.75, 3.05) is 11.3 Å². The van der Waals surface area contributed by atoms with E-state index in [1.165, 1.54) is 0 Å². The summed E-state index contributed by atoms with van der Waals surface area (Å²) < 4.78 is 32.7. The normalized spacial score (nSPS) is 11.3. The predicted molar refractivity (Wildman–Crippen MR) is 99.6 cm³/mol. The van der Waals surface area contributed by atoms with E-state index in [-0.39, 0.29) is 30.4 Å². The topological polar surface area (TPSA) is 72.5 Å². The maximum atomic E-state index is 12.5. The summed E-state index contributed by atoms with van der Waals surface area (Å²) in [6, 6.07) is 6.40. The summed E-state index contributed by atoms with van der Waals surface area (Å²) in [6.07, 6.45) is 0.123. The Bertz CT molecular complexity index is 850. The maximum Gasteiger partial charge on any atom is 0.310 e. The highest BCUT2D eigenvalue weighted by molar-refractivity contribution is 9.10. The minimum atomic E-state index is -3.89. The Balaban J connectivity index is 2.17. The van der Waals surface area contributed by atoms with Gasteiger partial charge < -0.3 is 4.74 Å². The number of hydrogen-bond acceptors (Lipinski definition) is 5. The van der Waals surface area contributed by atoms with Crippen LogP contribution in [0.5, 0.6) is 0 Å². The van der Waals surface area contributed by atoms with Crippen LogP contribution in [-0.4, -0.2) is 21.0 Å². The monoisotopic (exact) mass is 471 g/mol. The van der Waals surface area contributed by atoms with Crippen LogP contribution in [0.3, 0.4) is 0 Å². The van der Waals surface area contributed by atoms with Gasteiger partial charge in [-0.05, 0) is 40.5 Å². The fraction of sp³-hybridized carbons (Fsp3) is 0.214. The number of hydrogen-bond donors (Lipinski definition) is 1. The van der Waals surface area contributed by atoms with Gasteiger partial charge in [0.15, 0.2) is 0 Å². The molecule has 0 bridgehead atoms. The highest BCUT2D eigenvalue weighted by Gasteiger charge is 2.26. The molecule has 1 aromatic heterocycles. The molecule has 0 saturated heterocycles. The van der Waals surface area contributed by atoms with Gasteiger partial charge in [-0.2, -0.15) is 0 Å². The lowest BCUT2D eigenvalue weighted by molar-refractivity contribution is -0.142. The van der Waals surface area contributed by atoms with Crippen molar-refractivity contribution in [2.24, 2.45) is 0 Å². The average molecular weight is 473 g/mol. The molecule has 2 aromatic rings. The van der Waals surface area contributed by atoms with Crippen molar-refractivity contribution in [3.63, 3.8) is 0 Å². The van der Waals surface area contributed by atoms with E-state index in [0.717, 1.165) is 11.3 Å². The second kappa shape index (κ2) is 8.05. The maximum absolute atomic E-state index is 12.5. The lowest BCUT2D eigenvalue weighted by Gasteiger charge is -2.09. The van der Waals surface area contributed by atoms with Crippen LogP contribution in [0, 0.1) is 0 Å². The summed E-state index contributed by atoms with van der Waals surface area (Å²) in [4.78, 5) is 11.3. The van der Waals surface area contributed by atoms with Crippen molar-refractivity contribution in [2.45, 2.75) is 18.2 Å². The third kappa shape index (κ3) is 4.64. The molecule has 2 rings (SSSR count). The number of carbonyl (C=O) groups is 1. The van der Waals surface area contributed by atoms with Crippen molar-refractivity contribution in [3.05, 3.63) is 43.0 Å². The van der Waals surface area contributed by atoms with Crippen molar-refractivity contribution >= 4 is 72.1 Å². The van der Waals surface area contributed by atoms with Crippen LogP contribution in [0.1, 0.15) is 12.5 Å². The zero-order valence-electron chi connectivity index (χ0n) is 12.3. The van der Waals surface area contributed by atoms with Gasteiger partial charge in [-0.3, -0.25) is 9.52 Å². The molecule has 1 N–H and O–H groups in total. The Hall–Kier alpha value is -0.800. The number of esters is 1. The summed E-state index contributed by atoms with van der Waals surface area (Å²) in [6.45, 7) is 2.05. The minimum Gasteiger partial charge on any atom is -0.466 e. The van der Waals surface area contributed by atoms with E-state index in [1.807, 2.05) is 0 Å². The van der Waals surface area contributed by atoms with Gasteiger partial charge in [-0.15, -0.1) is 11.3 Å². The first kappa shape index (κ1) is 19.5. The SMILES string of the molecule is CCOC(=O)Cc1ccc(NS(=O)(=O)c2c(Cl)sc(Cl)c2Br)cc1. The van der Waals surface area contributed by atoms with Gasteiger partial charge in [0.2, 0.25) is 0 Å². The third-order valence-corrected chi connectivity index (χ3v) is 7.70. The molecule has 0 aliphatic carbocycles. The molecular weight excluding hydrogens is 461 g/mol. The number of carbonyl (C=O) groups excluding carboxylic acids is 1. The number of sulfonamides is 1. The molecule has 0 saturated carbocycles. The standard InChI is InChI=1S/C14H12BrCl2NO4S2/c1-2-22-10(19)7-8-3-5-9(6-4-8)18-24(20,21)12-11(15)13(16)23-14(12)17/h3-6,18H,2,7H2,1H3. The molecule has 0 aliphatic heterocycles. The van der Waals surface area contributed by atoms with Crippen LogP contribution in [-0.2, 0) is 26.0 Å². The molecule has 10 heteroatoms. The molecule has 0 aliphatic rings. The smallest absolute Gasteiger partial charge is 0.310 e. The number of halogens is 3. The van der Waals surface area contributed by atoms with Crippen molar-refractivity contribution < 1.29 is 17.9 Å². The summed E-state index contributed by atoms with van der Waals surface area (Å²) in [5.41, 5.74) is 1.06. The molecule has 24 heavy (non-hydrogen) atoms. The van der Waals surface area contributed by atoms with Crippen LogP contribution < -0.4 is 4.72 Å². The highest BCUT2D eigenvalue weighted by Crippen LogP contribution is 2.43. The van der Waals surface area contributed by atoms with Crippen molar-refractivity contribution in [3.8, 4) is 0 Å². The second-order valence-corrected chi connectivity index (χ2v) is 9.21. The molecule has 1 heterocycles. The van der Waals surface area contributed by atoms with Crippen LogP contribution in [0.15, 0.2) is 33.6 Å². The van der Waals surface area contributed by atoms with Crippen LogP contribution in [0.25, 0.3) is 0 Å². The van der Waals surface area contributed by atoms with Gasteiger partial charge in [0.1, 0.15) is 13.6 Å². The first-order valence-electron chi connectivity index (χ1n) is 6.65. The van der Waals surface area contributed by atoms with Gasteiger partial charge in [0.05, 0.1) is 17.5 Å². The predicted octanol–water partition coefficient (Wildman–Crippen LogP) is 4.72. The van der Waals surface area contributed by atoms with E-state index in [1.54, 1.807) is 31.2 Å². The van der Waals surface area contributed by atoms with E-state index in [2.05, 4.69) is 20.7 Å². The van der Waals surface area contributed by atoms with Crippen molar-refractivity contribution in [1.29, 1.82) is 0 Å². The summed E-state index contributed by atoms with van der Waals surface area (Å²) in [5, 5.41) is 0. The third-order valence-electron chi connectivity index (χ3n) is 2.86. The van der Waals surface area contributed by atoms with E-state index >= 15 is 0 Å². The largest absolute Gasteiger partial charge is 0.466 e. The fourth-order valence-electron chi connectivity index (χ4n) is 1.84. The van der Waals surface area contributed by atoms with Crippen LogP contribution in [0.2, 0.25) is 8.67 Å². The first-order valence-corrected chi connectivity index (χ1v) is 10.5. The van der Waals surface area contributed by atoms with E-state index in [4.69, 9.17) is 27.9 Å². The Morgan fingerprint density at radius 2 is 1.88 bits per heavy atom. The molecule has 0 atom stereocenters. The van der Waals surface area contributed by atoms with Gasteiger partial charge in [0, 0.05) is 5.69 Å². The zero-order valence-corrected chi connectivity index (χ0v) is 17.0. The van der Waals surface area contributed by atoms with Crippen LogP contribution in [0.4, 0.5) is 5.69 Å². The van der Waals surface area contributed by atoms with E-state index in [9.17, 15) is 13.2 Å². The second-order valence-electron chi connectivity index (χ2n) is 4.58. The highest BCUT2D eigenvalue weighted by atomic mass is 79.9. The first-order chi connectivity index (χ1) is 11.2. The number of anilines is 1. The molecule has 0 fully saturated rings.